The molecule has 0 aliphatic rings. The molecular formula is C8H11N3O4. The van der Waals surface area contributed by atoms with E-state index >= 15 is 0 Å². The normalized spacial score (nSPS) is 14.6. The van der Waals surface area contributed by atoms with Crippen molar-refractivity contribution in [1.29, 1.82) is 0 Å². The summed E-state index contributed by atoms with van der Waals surface area (Å²) in [6.45, 7) is -0.111. The molecule has 15 heavy (non-hydrogen) atoms. The number of rotatable bonds is 4. The molecule has 0 saturated heterocycles. The van der Waals surface area contributed by atoms with Crippen molar-refractivity contribution < 1.29 is 15.1 Å². The molecule has 1 aromatic rings. The van der Waals surface area contributed by atoms with Gasteiger partial charge in [0, 0.05) is 12.6 Å². The van der Waals surface area contributed by atoms with Crippen LogP contribution >= 0.6 is 0 Å². The van der Waals surface area contributed by atoms with Crippen LogP contribution in [0.15, 0.2) is 18.3 Å². The zero-order valence-electron chi connectivity index (χ0n) is 7.78. The maximum absolute atomic E-state index is 10.3. The fourth-order valence-corrected chi connectivity index (χ4v) is 1.01. The van der Waals surface area contributed by atoms with Crippen molar-refractivity contribution in [2.24, 2.45) is 5.73 Å². The summed E-state index contributed by atoms with van der Waals surface area (Å²) in [6, 6.07) is 2.48. The number of nitrogens with two attached hydrogens (primary N) is 1. The lowest BCUT2D eigenvalue weighted by atomic mass is 10.1. The maximum Gasteiger partial charge on any atom is 0.287 e. The summed E-state index contributed by atoms with van der Waals surface area (Å²) in [4.78, 5) is 13.4. The molecule has 0 radical (unpaired) electrons. The Labute approximate surface area is 85.3 Å². The van der Waals surface area contributed by atoms with Crippen LogP contribution in [-0.4, -0.2) is 32.8 Å². The number of pyridine rings is 1. The van der Waals surface area contributed by atoms with E-state index in [0.717, 1.165) is 6.20 Å². The molecule has 2 atom stereocenters. The molecule has 7 heteroatoms. The van der Waals surface area contributed by atoms with E-state index in [4.69, 9.17) is 5.73 Å². The number of hydrogen-bond donors (Lipinski definition) is 3. The van der Waals surface area contributed by atoms with Crippen molar-refractivity contribution in [2.45, 2.75) is 12.2 Å². The molecule has 82 valence electrons. The average Bonchev–Trinajstić information content (AvgIpc) is 2.27. The van der Waals surface area contributed by atoms with E-state index in [9.17, 15) is 20.3 Å². The van der Waals surface area contributed by atoms with Crippen molar-refractivity contribution in [1.82, 2.24) is 4.98 Å². The van der Waals surface area contributed by atoms with Crippen molar-refractivity contribution in [3.8, 4) is 0 Å². The highest BCUT2D eigenvalue weighted by Crippen LogP contribution is 2.16. The maximum atomic E-state index is 10.3. The Morgan fingerprint density at radius 3 is 2.60 bits per heavy atom. The van der Waals surface area contributed by atoms with Crippen molar-refractivity contribution in [2.75, 3.05) is 6.54 Å². The van der Waals surface area contributed by atoms with Crippen LogP contribution in [0.25, 0.3) is 0 Å². The van der Waals surface area contributed by atoms with Gasteiger partial charge in [-0.05, 0) is 6.07 Å². The number of hydrogen-bond acceptors (Lipinski definition) is 6. The minimum absolute atomic E-state index is 0.111. The standard InChI is InChI=1S/C8H11N3O4/c9-3-7(12)8(13)6-2-1-5(4-10-6)11(14)15/h1-2,4,7-8,12-13H,3,9H2. The third-order valence-electron chi connectivity index (χ3n) is 1.89. The number of aliphatic hydroxyl groups is 2. The number of nitrogens with zero attached hydrogens (tertiary/aromatic N) is 2. The van der Waals surface area contributed by atoms with Gasteiger partial charge in [-0.25, -0.2) is 0 Å². The molecule has 7 nitrogen and oxygen atoms in total. The topological polar surface area (TPSA) is 123 Å². The van der Waals surface area contributed by atoms with Crippen LogP contribution in [0.4, 0.5) is 5.69 Å². The fourth-order valence-electron chi connectivity index (χ4n) is 1.01. The van der Waals surface area contributed by atoms with E-state index in [1.807, 2.05) is 0 Å². The van der Waals surface area contributed by atoms with Crippen molar-refractivity contribution in [3.05, 3.63) is 34.1 Å². The van der Waals surface area contributed by atoms with E-state index in [1.54, 1.807) is 0 Å². The molecule has 0 aliphatic carbocycles. The van der Waals surface area contributed by atoms with Gasteiger partial charge in [0.05, 0.1) is 16.7 Å². The van der Waals surface area contributed by atoms with Gasteiger partial charge in [-0.15, -0.1) is 0 Å². The van der Waals surface area contributed by atoms with Crippen LogP contribution in [0.2, 0.25) is 0 Å². The largest absolute Gasteiger partial charge is 0.389 e. The van der Waals surface area contributed by atoms with Gasteiger partial charge in [-0.3, -0.25) is 15.1 Å². The Morgan fingerprint density at radius 1 is 1.53 bits per heavy atom. The second kappa shape index (κ2) is 4.78. The van der Waals surface area contributed by atoms with Crippen LogP contribution in [0.5, 0.6) is 0 Å². The summed E-state index contributed by atoms with van der Waals surface area (Å²) in [5, 5.41) is 29.0. The second-order valence-electron chi connectivity index (χ2n) is 2.95. The number of aromatic nitrogens is 1. The third-order valence-corrected chi connectivity index (χ3v) is 1.89. The van der Waals surface area contributed by atoms with Gasteiger partial charge >= 0.3 is 0 Å². The summed E-state index contributed by atoms with van der Waals surface area (Å²) >= 11 is 0. The van der Waals surface area contributed by atoms with Crippen LogP contribution < -0.4 is 5.73 Å². The predicted octanol–water partition coefficient (Wildman–Crippen LogP) is -0.657. The van der Waals surface area contributed by atoms with Gasteiger partial charge in [-0.2, -0.15) is 0 Å². The zero-order valence-corrected chi connectivity index (χ0v) is 7.78. The van der Waals surface area contributed by atoms with Crippen molar-refractivity contribution in [3.63, 3.8) is 0 Å². The SMILES string of the molecule is NCC(O)C(O)c1ccc([N+](=O)[O-])cn1. The van der Waals surface area contributed by atoms with Gasteiger partial charge in [-0.1, -0.05) is 0 Å². The van der Waals surface area contributed by atoms with Crippen LogP contribution in [0.3, 0.4) is 0 Å². The molecule has 0 aromatic carbocycles. The number of aliphatic hydroxyl groups excluding tert-OH is 2. The molecule has 1 aromatic heterocycles. The molecule has 0 bridgehead atoms. The quantitative estimate of drug-likeness (QED) is 0.451. The highest BCUT2D eigenvalue weighted by Gasteiger charge is 2.18. The lowest BCUT2D eigenvalue weighted by molar-refractivity contribution is -0.385. The molecule has 1 rings (SSSR count). The van der Waals surface area contributed by atoms with E-state index in [0.29, 0.717) is 0 Å². The van der Waals surface area contributed by atoms with Crippen LogP contribution in [-0.2, 0) is 0 Å². The zero-order chi connectivity index (χ0) is 11.4. The summed E-state index contributed by atoms with van der Waals surface area (Å²) < 4.78 is 0. The smallest absolute Gasteiger partial charge is 0.287 e. The summed E-state index contributed by atoms with van der Waals surface area (Å²) in [6.07, 6.45) is -1.34. The first-order valence-corrected chi connectivity index (χ1v) is 4.22. The predicted molar refractivity (Wildman–Crippen MR) is 50.9 cm³/mol. The van der Waals surface area contributed by atoms with Gasteiger partial charge in [0.1, 0.15) is 12.3 Å². The molecule has 0 saturated carbocycles. The lowest BCUT2D eigenvalue weighted by Crippen LogP contribution is -2.27. The Kier molecular flexibility index (Phi) is 3.67. The van der Waals surface area contributed by atoms with Gasteiger partial charge < -0.3 is 15.9 Å². The highest BCUT2D eigenvalue weighted by molar-refractivity contribution is 5.27. The minimum Gasteiger partial charge on any atom is -0.389 e. The molecular weight excluding hydrogens is 202 g/mol. The molecule has 0 aliphatic heterocycles. The summed E-state index contributed by atoms with van der Waals surface area (Å²) in [7, 11) is 0. The molecule has 0 fully saturated rings. The van der Waals surface area contributed by atoms with Crippen LogP contribution in [0.1, 0.15) is 11.8 Å². The van der Waals surface area contributed by atoms with Crippen LogP contribution in [0, 0.1) is 10.1 Å². The minimum atomic E-state index is -1.23. The first-order chi connectivity index (χ1) is 7.06. The highest BCUT2D eigenvalue weighted by atomic mass is 16.6. The summed E-state index contributed by atoms with van der Waals surface area (Å²) in [5.41, 5.74) is 5.12. The average molecular weight is 213 g/mol. The number of nitro groups is 1. The third kappa shape index (κ3) is 2.69. The van der Waals surface area contributed by atoms with Gasteiger partial charge in [0.25, 0.3) is 5.69 Å². The molecule has 1 heterocycles. The van der Waals surface area contributed by atoms with Gasteiger partial charge in [0.2, 0.25) is 0 Å². The van der Waals surface area contributed by atoms with E-state index in [-0.39, 0.29) is 17.9 Å². The lowest BCUT2D eigenvalue weighted by Gasteiger charge is -2.14. The Hall–Kier alpha value is -1.57. The fraction of sp³-hybridized carbons (Fsp3) is 0.375. The van der Waals surface area contributed by atoms with E-state index in [1.165, 1.54) is 12.1 Å². The summed E-state index contributed by atoms with van der Waals surface area (Å²) in [5.74, 6) is 0. The van der Waals surface area contributed by atoms with E-state index in [2.05, 4.69) is 4.98 Å². The second-order valence-corrected chi connectivity index (χ2v) is 2.95. The Bertz CT molecular complexity index is 340. The first kappa shape index (κ1) is 11.5. The first-order valence-electron chi connectivity index (χ1n) is 4.22. The molecule has 0 spiro atoms. The van der Waals surface area contributed by atoms with Gasteiger partial charge in [0.15, 0.2) is 0 Å². The van der Waals surface area contributed by atoms with E-state index < -0.39 is 17.1 Å². The van der Waals surface area contributed by atoms with Crippen molar-refractivity contribution >= 4 is 5.69 Å². The Morgan fingerprint density at radius 2 is 2.20 bits per heavy atom. The molecule has 4 N–H and O–H groups in total. The molecule has 2 unspecified atom stereocenters. The molecule has 0 amide bonds. The Balaban J connectivity index is 2.84. The monoisotopic (exact) mass is 213 g/mol.